The van der Waals surface area contributed by atoms with Crippen molar-refractivity contribution in [2.45, 2.75) is 19.4 Å². The van der Waals surface area contributed by atoms with Gasteiger partial charge in [0.05, 0.1) is 6.10 Å². The number of hydrogen-bond acceptors (Lipinski definition) is 1. The third kappa shape index (κ3) is 2.28. The zero-order valence-electron chi connectivity index (χ0n) is 8.77. The maximum Gasteiger partial charge on any atom is 0.0977 e. The first kappa shape index (κ1) is 9.99. The molecule has 0 amide bonds. The molecule has 0 aliphatic rings. The molecule has 2 nitrogen and oxygen atoms in total. The molecule has 2 N–H and O–H groups in total. The van der Waals surface area contributed by atoms with Crippen molar-refractivity contribution in [2.24, 2.45) is 0 Å². The number of aromatic amines is 1. The molecule has 0 saturated heterocycles. The van der Waals surface area contributed by atoms with E-state index in [0.717, 1.165) is 5.69 Å². The van der Waals surface area contributed by atoms with Crippen molar-refractivity contribution in [3.05, 3.63) is 59.4 Å². The van der Waals surface area contributed by atoms with E-state index < -0.39 is 6.10 Å². The molecule has 2 aromatic rings. The van der Waals surface area contributed by atoms with Gasteiger partial charge in [0.25, 0.3) is 0 Å². The molecule has 1 heterocycles. The summed E-state index contributed by atoms with van der Waals surface area (Å²) in [5, 5.41) is 9.96. The second-order valence-electron chi connectivity index (χ2n) is 3.77. The van der Waals surface area contributed by atoms with Gasteiger partial charge in [-0.3, -0.25) is 0 Å². The Balaban J connectivity index is 2.13. The molecule has 0 fully saturated rings. The first-order chi connectivity index (χ1) is 7.27. The molecular formula is C13H15NO. The molecule has 1 aromatic carbocycles. The van der Waals surface area contributed by atoms with E-state index in [0.29, 0.717) is 6.42 Å². The number of aryl methyl sites for hydroxylation is 1. The minimum Gasteiger partial charge on any atom is -0.387 e. The summed E-state index contributed by atoms with van der Waals surface area (Å²) < 4.78 is 0. The minimum absolute atomic E-state index is 0.443. The van der Waals surface area contributed by atoms with Crippen LogP contribution in [-0.4, -0.2) is 10.1 Å². The number of rotatable bonds is 3. The van der Waals surface area contributed by atoms with Crippen molar-refractivity contribution in [1.29, 1.82) is 0 Å². The fourth-order valence-electron chi connectivity index (χ4n) is 1.71. The first-order valence-corrected chi connectivity index (χ1v) is 5.13. The van der Waals surface area contributed by atoms with Gasteiger partial charge in [-0.15, -0.1) is 0 Å². The molecule has 0 aliphatic carbocycles. The zero-order valence-corrected chi connectivity index (χ0v) is 8.77. The van der Waals surface area contributed by atoms with Crippen LogP contribution in [0.1, 0.15) is 22.9 Å². The van der Waals surface area contributed by atoms with Gasteiger partial charge in [0.1, 0.15) is 0 Å². The Morgan fingerprint density at radius 2 is 2.00 bits per heavy atom. The number of aliphatic hydroxyl groups is 1. The molecule has 2 heteroatoms. The number of benzene rings is 1. The average Bonchev–Trinajstić information content (AvgIpc) is 2.74. The molecule has 0 aliphatic heterocycles. The van der Waals surface area contributed by atoms with Crippen LogP contribution in [0.3, 0.4) is 0 Å². The number of aromatic nitrogens is 1. The van der Waals surface area contributed by atoms with Crippen molar-refractivity contribution in [1.82, 2.24) is 4.98 Å². The summed E-state index contributed by atoms with van der Waals surface area (Å²) in [6.45, 7) is 2.07. The van der Waals surface area contributed by atoms with E-state index in [2.05, 4.69) is 24.0 Å². The summed E-state index contributed by atoms with van der Waals surface area (Å²) in [6.07, 6.45) is 2.05. The summed E-state index contributed by atoms with van der Waals surface area (Å²) in [4.78, 5) is 3.03. The van der Waals surface area contributed by atoms with Crippen molar-refractivity contribution in [3.8, 4) is 0 Å². The Morgan fingerprint density at radius 1 is 1.20 bits per heavy atom. The van der Waals surface area contributed by atoms with E-state index in [1.807, 2.05) is 30.5 Å². The van der Waals surface area contributed by atoms with Crippen LogP contribution >= 0.6 is 0 Å². The predicted octanol–water partition coefficient (Wildman–Crippen LogP) is 2.60. The summed E-state index contributed by atoms with van der Waals surface area (Å²) in [5.74, 6) is 0. The molecule has 0 spiro atoms. The SMILES string of the molecule is Cc1ccccc1CC(O)c1ccc[nH]1. The summed E-state index contributed by atoms with van der Waals surface area (Å²) in [7, 11) is 0. The molecule has 78 valence electrons. The molecule has 0 bridgehead atoms. The van der Waals surface area contributed by atoms with Crippen LogP contribution in [0.4, 0.5) is 0 Å². The first-order valence-electron chi connectivity index (χ1n) is 5.13. The fourth-order valence-corrected chi connectivity index (χ4v) is 1.71. The van der Waals surface area contributed by atoms with Crippen LogP contribution in [-0.2, 0) is 6.42 Å². The third-order valence-electron chi connectivity index (χ3n) is 2.66. The van der Waals surface area contributed by atoms with Gasteiger partial charge >= 0.3 is 0 Å². The molecule has 1 atom stereocenters. The van der Waals surface area contributed by atoms with Crippen molar-refractivity contribution in [2.75, 3.05) is 0 Å². The summed E-state index contributed by atoms with van der Waals surface area (Å²) in [5.41, 5.74) is 3.29. The Kier molecular flexibility index (Phi) is 2.88. The van der Waals surface area contributed by atoms with Gasteiger partial charge in [0.2, 0.25) is 0 Å². The molecule has 1 unspecified atom stereocenters. The van der Waals surface area contributed by atoms with E-state index in [1.54, 1.807) is 0 Å². The predicted molar refractivity (Wildman–Crippen MR) is 60.6 cm³/mol. The van der Waals surface area contributed by atoms with Gasteiger partial charge in [-0.2, -0.15) is 0 Å². The molecular weight excluding hydrogens is 186 g/mol. The molecule has 15 heavy (non-hydrogen) atoms. The Hall–Kier alpha value is -1.54. The van der Waals surface area contributed by atoms with Gasteiger partial charge in [0.15, 0.2) is 0 Å². The maximum absolute atomic E-state index is 9.96. The summed E-state index contributed by atoms with van der Waals surface area (Å²) in [6, 6.07) is 11.9. The van der Waals surface area contributed by atoms with E-state index in [9.17, 15) is 5.11 Å². The smallest absolute Gasteiger partial charge is 0.0977 e. The lowest BCUT2D eigenvalue weighted by Gasteiger charge is -2.10. The highest BCUT2D eigenvalue weighted by Gasteiger charge is 2.09. The Morgan fingerprint density at radius 3 is 2.67 bits per heavy atom. The van der Waals surface area contributed by atoms with Crippen molar-refractivity contribution < 1.29 is 5.11 Å². The Bertz CT molecular complexity index is 420. The van der Waals surface area contributed by atoms with Crippen LogP contribution in [0.15, 0.2) is 42.6 Å². The number of aliphatic hydroxyl groups excluding tert-OH is 1. The molecule has 0 saturated carbocycles. The highest BCUT2D eigenvalue weighted by atomic mass is 16.3. The van der Waals surface area contributed by atoms with E-state index >= 15 is 0 Å². The number of H-pyrrole nitrogens is 1. The number of nitrogens with one attached hydrogen (secondary N) is 1. The molecule has 0 radical (unpaired) electrons. The van der Waals surface area contributed by atoms with Gasteiger partial charge < -0.3 is 10.1 Å². The molecule has 1 aromatic heterocycles. The minimum atomic E-state index is -0.443. The lowest BCUT2D eigenvalue weighted by molar-refractivity contribution is 0.174. The van der Waals surface area contributed by atoms with Crippen molar-refractivity contribution >= 4 is 0 Å². The highest BCUT2D eigenvalue weighted by Crippen LogP contribution is 2.18. The normalized spacial score (nSPS) is 12.7. The summed E-state index contributed by atoms with van der Waals surface area (Å²) >= 11 is 0. The van der Waals surface area contributed by atoms with Gasteiger partial charge in [-0.25, -0.2) is 0 Å². The van der Waals surface area contributed by atoms with Crippen LogP contribution in [0.25, 0.3) is 0 Å². The lowest BCUT2D eigenvalue weighted by Crippen LogP contribution is -2.03. The van der Waals surface area contributed by atoms with Gasteiger partial charge in [0, 0.05) is 18.3 Å². The maximum atomic E-state index is 9.96. The second-order valence-corrected chi connectivity index (χ2v) is 3.77. The second kappa shape index (κ2) is 4.32. The van der Waals surface area contributed by atoms with Crippen LogP contribution < -0.4 is 0 Å². The largest absolute Gasteiger partial charge is 0.387 e. The third-order valence-corrected chi connectivity index (χ3v) is 2.66. The average molecular weight is 201 g/mol. The number of hydrogen-bond donors (Lipinski definition) is 2. The van der Waals surface area contributed by atoms with Crippen LogP contribution in [0.2, 0.25) is 0 Å². The van der Waals surface area contributed by atoms with Gasteiger partial charge in [-0.05, 0) is 30.2 Å². The topological polar surface area (TPSA) is 36.0 Å². The Labute approximate surface area is 89.6 Å². The van der Waals surface area contributed by atoms with E-state index in [-0.39, 0.29) is 0 Å². The lowest BCUT2D eigenvalue weighted by atomic mass is 10.0. The van der Waals surface area contributed by atoms with Crippen LogP contribution in [0, 0.1) is 6.92 Å². The van der Waals surface area contributed by atoms with Crippen LogP contribution in [0.5, 0.6) is 0 Å². The zero-order chi connectivity index (χ0) is 10.7. The standard InChI is InChI=1S/C13H15NO/c1-10-5-2-3-6-11(10)9-13(15)12-7-4-8-14-12/h2-8,13-15H,9H2,1H3. The molecule has 2 rings (SSSR count). The highest BCUT2D eigenvalue weighted by molar-refractivity contribution is 5.27. The van der Waals surface area contributed by atoms with E-state index in [1.165, 1.54) is 11.1 Å². The van der Waals surface area contributed by atoms with Gasteiger partial charge in [-0.1, -0.05) is 24.3 Å². The fraction of sp³-hybridized carbons (Fsp3) is 0.231. The van der Waals surface area contributed by atoms with Crippen molar-refractivity contribution in [3.63, 3.8) is 0 Å². The van der Waals surface area contributed by atoms with E-state index in [4.69, 9.17) is 0 Å². The quantitative estimate of drug-likeness (QED) is 0.786. The monoisotopic (exact) mass is 201 g/mol.